The molecule has 0 aromatic carbocycles. The highest BCUT2D eigenvalue weighted by molar-refractivity contribution is 7.92. The van der Waals surface area contributed by atoms with E-state index in [0.29, 0.717) is 0 Å². The Morgan fingerprint density at radius 2 is 1.67 bits per heavy atom. The van der Waals surface area contributed by atoms with Crippen LogP contribution in [0.5, 0.6) is 0 Å². The van der Waals surface area contributed by atoms with Crippen LogP contribution in [0, 0.1) is 0 Å². The van der Waals surface area contributed by atoms with Crippen LogP contribution >= 0.6 is 0 Å². The van der Waals surface area contributed by atoms with Crippen molar-refractivity contribution in [2.45, 2.75) is 38.1 Å². The fourth-order valence-corrected chi connectivity index (χ4v) is 4.78. The van der Waals surface area contributed by atoms with Crippen molar-refractivity contribution in [1.29, 1.82) is 0 Å². The first-order valence-electron chi connectivity index (χ1n) is 7.40. The molecule has 0 unspecified atom stereocenters. The molecule has 0 amide bonds. The number of sulfonamides is 1. The zero-order valence-electron chi connectivity index (χ0n) is 12.4. The minimum absolute atomic E-state index is 0.00992. The van der Waals surface area contributed by atoms with Crippen LogP contribution in [-0.2, 0) is 10.0 Å². The van der Waals surface area contributed by atoms with Gasteiger partial charge in [0.1, 0.15) is 0 Å². The molecule has 4 heteroatoms. The summed E-state index contributed by atoms with van der Waals surface area (Å²) in [6, 6.07) is -0.00992. The molecule has 0 aliphatic heterocycles. The van der Waals surface area contributed by atoms with E-state index in [1.165, 1.54) is 27.7 Å². The molecule has 4 bridgehead atoms. The lowest BCUT2D eigenvalue weighted by Gasteiger charge is -2.29. The molecule has 2 saturated carbocycles. The first-order chi connectivity index (χ1) is 10.0. The molecule has 3 nitrogen and oxygen atoms in total. The van der Waals surface area contributed by atoms with Gasteiger partial charge < -0.3 is 0 Å². The second-order valence-corrected chi connectivity index (χ2v) is 7.73. The molecule has 0 aromatic heterocycles. The van der Waals surface area contributed by atoms with E-state index in [9.17, 15) is 8.42 Å². The van der Waals surface area contributed by atoms with Crippen LogP contribution < -0.4 is 0 Å². The quantitative estimate of drug-likeness (QED) is 0.576. The van der Waals surface area contributed by atoms with Gasteiger partial charge in [-0.3, -0.25) is 0 Å². The topological polar surface area (TPSA) is 37.4 Å². The summed E-state index contributed by atoms with van der Waals surface area (Å²) in [4.78, 5) is 0. The second kappa shape index (κ2) is 5.43. The third kappa shape index (κ3) is 2.47. The Balaban J connectivity index is 1.88. The van der Waals surface area contributed by atoms with Gasteiger partial charge in [-0.2, -0.15) is 4.31 Å². The van der Waals surface area contributed by atoms with Crippen molar-refractivity contribution in [3.8, 4) is 0 Å². The zero-order valence-corrected chi connectivity index (χ0v) is 13.2. The van der Waals surface area contributed by atoms with Gasteiger partial charge in [0, 0.05) is 12.5 Å². The predicted octanol–water partition coefficient (Wildman–Crippen LogP) is 3.46. The molecule has 0 atom stereocenters. The highest BCUT2D eigenvalue weighted by atomic mass is 32.2. The maximum atomic E-state index is 12.5. The standard InChI is InChI=1S/C17H21NO2S/c1-3-4-5-6-11-21(19,20)18(2)17-15-9-10-16(17)14-8-7-13(15)12-14/h3-6,11,17H,1,7-10,12H2,2H3/b5-4-,11-6+. The molecule has 0 spiro atoms. The van der Waals surface area contributed by atoms with Crippen LogP contribution in [0.1, 0.15) is 32.1 Å². The van der Waals surface area contributed by atoms with E-state index in [0.717, 1.165) is 32.1 Å². The Kier molecular flexibility index (Phi) is 3.76. The molecule has 0 N–H and O–H groups in total. The molecule has 0 saturated heterocycles. The molecule has 3 aliphatic rings. The Labute approximate surface area is 127 Å². The monoisotopic (exact) mass is 303 g/mol. The maximum Gasteiger partial charge on any atom is 0.236 e. The van der Waals surface area contributed by atoms with Gasteiger partial charge in [0.15, 0.2) is 0 Å². The minimum Gasteiger partial charge on any atom is -0.207 e. The third-order valence-electron chi connectivity index (χ3n) is 4.76. The summed E-state index contributed by atoms with van der Waals surface area (Å²) in [5.74, 6) is 0. The first-order valence-corrected chi connectivity index (χ1v) is 8.90. The summed E-state index contributed by atoms with van der Waals surface area (Å²) in [5.41, 5.74) is 5.72. The van der Waals surface area contributed by atoms with Gasteiger partial charge in [-0.15, -0.1) is 0 Å². The Morgan fingerprint density at radius 1 is 1.05 bits per heavy atom. The molecule has 3 aliphatic carbocycles. The lowest BCUT2D eigenvalue weighted by molar-refractivity contribution is 0.447. The average molecular weight is 303 g/mol. The van der Waals surface area contributed by atoms with Crippen molar-refractivity contribution >= 4 is 10.0 Å². The summed E-state index contributed by atoms with van der Waals surface area (Å²) in [6.45, 7) is 3.56. The Morgan fingerprint density at radius 3 is 2.24 bits per heavy atom. The number of hydrogen-bond acceptors (Lipinski definition) is 2. The molecular weight excluding hydrogens is 282 g/mol. The van der Waals surface area contributed by atoms with E-state index < -0.39 is 10.0 Å². The summed E-state index contributed by atoms with van der Waals surface area (Å²) in [7, 11) is -1.68. The summed E-state index contributed by atoms with van der Waals surface area (Å²) >= 11 is 0. The van der Waals surface area contributed by atoms with Gasteiger partial charge in [-0.05, 0) is 49.3 Å². The number of fused-ring (bicyclic) bond motifs is 4. The maximum absolute atomic E-state index is 12.5. The van der Waals surface area contributed by atoms with Gasteiger partial charge in [-0.1, -0.05) is 36.0 Å². The number of hydrogen-bond donors (Lipinski definition) is 0. The smallest absolute Gasteiger partial charge is 0.207 e. The molecule has 3 rings (SSSR count). The van der Waals surface area contributed by atoms with Gasteiger partial charge in [0.2, 0.25) is 10.0 Å². The zero-order chi connectivity index (χ0) is 15.0. The van der Waals surface area contributed by atoms with Crippen LogP contribution in [0.25, 0.3) is 0 Å². The van der Waals surface area contributed by atoms with Crippen molar-refractivity contribution in [3.05, 3.63) is 58.6 Å². The molecule has 2 fully saturated rings. The first kappa shape index (κ1) is 14.5. The second-order valence-electron chi connectivity index (χ2n) is 5.85. The number of nitrogens with zero attached hydrogens (tertiary/aromatic N) is 1. The summed E-state index contributed by atoms with van der Waals surface area (Å²) in [6.07, 6.45) is 12.0. The SMILES string of the molecule is C=C/C=C\C=C\S(=O)(=O)N(C)C1C2=C3CCC(=C1CC2)C3. The van der Waals surface area contributed by atoms with E-state index in [1.54, 1.807) is 35.7 Å². The van der Waals surface area contributed by atoms with Crippen LogP contribution in [-0.4, -0.2) is 25.8 Å². The molecule has 21 heavy (non-hydrogen) atoms. The molecule has 0 aromatic rings. The minimum atomic E-state index is -3.39. The molecule has 0 heterocycles. The molecular formula is C17H21NO2S. The number of allylic oxidation sites excluding steroid dienone is 6. The molecule has 112 valence electrons. The van der Waals surface area contributed by atoms with Crippen LogP contribution in [0.15, 0.2) is 58.6 Å². The van der Waals surface area contributed by atoms with Crippen molar-refractivity contribution in [2.24, 2.45) is 0 Å². The van der Waals surface area contributed by atoms with Gasteiger partial charge in [0.05, 0.1) is 6.04 Å². The fraction of sp³-hybridized carbons (Fsp3) is 0.412. The number of rotatable bonds is 5. The van der Waals surface area contributed by atoms with E-state index in [-0.39, 0.29) is 6.04 Å². The predicted molar refractivity (Wildman–Crippen MR) is 86.1 cm³/mol. The highest BCUT2D eigenvalue weighted by Gasteiger charge is 2.42. The highest BCUT2D eigenvalue weighted by Crippen LogP contribution is 2.50. The summed E-state index contributed by atoms with van der Waals surface area (Å²) < 4.78 is 26.5. The van der Waals surface area contributed by atoms with Crippen LogP contribution in [0.4, 0.5) is 0 Å². The lowest BCUT2D eigenvalue weighted by Crippen LogP contribution is -2.37. The van der Waals surface area contributed by atoms with E-state index in [2.05, 4.69) is 6.58 Å². The summed E-state index contributed by atoms with van der Waals surface area (Å²) in [5, 5.41) is 1.28. The van der Waals surface area contributed by atoms with Gasteiger partial charge in [0.25, 0.3) is 0 Å². The van der Waals surface area contributed by atoms with Gasteiger partial charge >= 0.3 is 0 Å². The Bertz CT molecular complexity index is 664. The molecule has 0 radical (unpaired) electrons. The van der Waals surface area contributed by atoms with Crippen LogP contribution in [0.3, 0.4) is 0 Å². The fourth-order valence-electron chi connectivity index (χ4n) is 3.75. The van der Waals surface area contributed by atoms with Crippen molar-refractivity contribution in [2.75, 3.05) is 7.05 Å². The van der Waals surface area contributed by atoms with E-state index >= 15 is 0 Å². The normalized spacial score (nSPS) is 22.6. The van der Waals surface area contributed by atoms with Crippen molar-refractivity contribution in [1.82, 2.24) is 4.31 Å². The van der Waals surface area contributed by atoms with Crippen molar-refractivity contribution < 1.29 is 8.42 Å². The lowest BCUT2D eigenvalue weighted by atomic mass is 9.94. The van der Waals surface area contributed by atoms with Crippen molar-refractivity contribution in [3.63, 3.8) is 0 Å². The van der Waals surface area contributed by atoms with Crippen LogP contribution in [0.2, 0.25) is 0 Å². The average Bonchev–Trinajstić information content (AvgIpc) is 3.00. The Hall–Kier alpha value is -1.39. The largest absolute Gasteiger partial charge is 0.236 e. The van der Waals surface area contributed by atoms with E-state index in [1.807, 2.05) is 0 Å². The third-order valence-corrected chi connectivity index (χ3v) is 6.28. The van der Waals surface area contributed by atoms with E-state index in [4.69, 9.17) is 0 Å². The van der Waals surface area contributed by atoms with Gasteiger partial charge in [-0.25, -0.2) is 8.42 Å². The number of likely N-dealkylation sites (N-methyl/N-ethyl adjacent to an activating group) is 1.